The molecule has 122 valence electrons. The van der Waals surface area contributed by atoms with Crippen molar-refractivity contribution in [3.05, 3.63) is 0 Å². The maximum absolute atomic E-state index is 11.6. The molecular weight excluding hydrogens is 284 g/mol. The largest absolute Gasteiger partial charge is 0.449 e. The highest BCUT2D eigenvalue weighted by Crippen LogP contribution is 2.52. The quantitative estimate of drug-likeness (QED) is 0.476. The first-order chi connectivity index (χ1) is 10.7. The summed E-state index contributed by atoms with van der Waals surface area (Å²) in [6.45, 7) is 0.954. The fourth-order valence-corrected chi connectivity index (χ4v) is 3.06. The van der Waals surface area contributed by atoms with Gasteiger partial charge in [-0.2, -0.15) is 0 Å². The van der Waals surface area contributed by atoms with Crippen molar-refractivity contribution in [2.24, 2.45) is 17.8 Å². The molecule has 1 fully saturated rings. The van der Waals surface area contributed by atoms with Gasteiger partial charge in [0.05, 0.1) is 13.2 Å². The lowest BCUT2D eigenvalue weighted by Crippen LogP contribution is -2.35. The number of fused-ring (bicyclic) bond motifs is 1. The zero-order valence-corrected chi connectivity index (χ0v) is 12.8. The predicted molar refractivity (Wildman–Crippen MR) is 80.8 cm³/mol. The van der Waals surface area contributed by atoms with E-state index in [-0.39, 0.29) is 18.9 Å². The van der Waals surface area contributed by atoms with Crippen LogP contribution in [0, 0.1) is 29.6 Å². The Hall–Kier alpha value is -1.74. The van der Waals surface area contributed by atoms with Crippen molar-refractivity contribution in [3.8, 4) is 11.8 Å². The van der Waals surface area contributed by atoms with Crippen molar-refractivity contribution < 1.29 is 19.4 Å². The van der Waals surface area contributed by atoms with Crippen LogP contribution in [0.2, 0.25) is 0 Å². The summed E-state index contributed by atoms with van der Waals surface area (Å²) in [4.78, 5) is 22.7. The fraction of sp³-hybridized carbons (Fsp3) is 0.750. The molecule has 2 amide bonds. The maximum Gasteiger partial charge on any atom is 0.407 e. The Morgan fingerprint density at radius 3 is 2.36 bits per heavy atom. The van der Waals surface area contributed by atoms with Gasteiger partial charge in [-0.1, -0.05) is 0 Å². The SMILES string of the molecule is O=C(CCO)NCCNC(=O)OC[C@@H]1[C@@H]2CCC#CCC[C@@H]21. The van der Waals surface area contributed by atoms with Gasteiger partial charge in [0.15, 0.2) is 0 Å². The second-order valence-corrected chi connectivity index (χ2v) is 5.77. The van der Waals surface area contributed by atoms with E-state index >= 15 is 0 Å². The number of ether oxygens (including phenoxy) is 1. The lowest BCUT2D eigenvalue weighted by atomic mass is 10.1. The molecule has 2 rings (SSSR count). The molecule has 6 heteroatoms. The molecule has 0 unspecified atom stereocenters. The first-order valence-corrected chi connectivity index (χ1v) is 7.96. The van der Waals surface area contributed by atoms with Crippen LogP contribution in [-0.2, 0) is 9.53 Å². The van der Waals surface area contributed by atoms with E-state index in [1.165, 1.54) is 0 Å². The van der Waals surface area contributed by atoms with E-state index in [2.05, 4.69) is 22.5 Å². The zero-order chi connectivity index (χ0) is 15.8. The number of hydrogen-bond donors (Lipinski definition) is 3. The summed E-state index contributed by atoms with van der Waals surface area (Å²) in [6, 6.07) is 0. The van der Waals surface area contributed by atoms with Crippen LogP contribution >= 0.6 is 0 Å². The molecule has 0 heterocycles. The molecule has 0 radical (unpaired) electrons. The minimum atomic E-state index is -0.438. The number of rotatable bonds is 7. The van der Waals surface area contributed by atoms with Crippen molar-refractivity contribution in [2.75, 3.05) is 26.3 Å². The summed E-state index contributed by atoms with van der Waals surface area (Å²) in [5.74, 6) is 7.91. The van der Waals surface area contributed by atoms with E-state index in [0.717, 1.165) is 25.7 Å². The van der Waals surface area contributed by atoms with E-state index in [1.54, 1.807) is 0 Å². The molecular formula is C16H24N2O4. The Kier molecular flexibility index (Phi) is 6.53. The molecule has 3 N–H and O–H groups in total. The van der Waals surface area contributed by atoms with Gasteiger partial charge in [0.2, 0.25) is 5.91 Å². The van der Waals surface area contributed by atoms with E-state index in [4.69, 9.17) is 9.84 Å². The highest BCUT2D eigenvalue weighted by molar-refractivity contribution is 5.76. The summed E-state index contributed by atoms with van der Waals surface area (Å²) < 4.78 is 5.25. The molecule has 0 spiro atoms. The Morgan fingerprint density at radius 1 is 1.09 bits per heavy atom. The number of nitrogens with one attached hydrogen (secondary N) is 2. The molecule has 6 nitrogen and oxygen atoms in total. The van der Waals surface area contributed by atoms with Crippen molar-refractivity contribution in [3.63, 3.8) is 0 Å². The van der Waals surface area contributed by atoms with Crippen molar-refractivity contribution >= 4 is 12.0 Å². The highest BCUT2D eigenvalue weighted by Gasteiger charge is 2.49. The first-order valence-electron chi connectivity index (χ1n) is 7.96. The highest BCUT2D eigenvalue weighted by atomic mass is 16.5. The molecule has 0 saturated heterocycles. The summed E-state index contributed by atoms with van der Waals surface area (Å²) >= 11 is 0. The zero-order valence-electron chi connectivity index (χ0n) is 12.8. The lowest BCUT2D eigenvalue weighted by Gasteiger charge is -2.07. The third kappa shape index (κ3) is 5.23. The number of hydrogen-bond acceptors (Lipinski definition) is 4. The smallest absolute Gasteiger partial charge is 0.407 e. The van der Waals surface area contributed by atoms with Crippen LogP contribution in [0.4, 0.5) is 4.79 Å². The molecule has 3 atom stereocenters. The van der Waals surface area contributed by atoms with Crippen molar-refractivity contribution in [2.45, 2.75) is 32.1 Å². The fourth-order valence-electron chi connectivity index (χ4n) is 3.06. The van der Waals surface area contributed by atoms with Crippen LogP contribution in [0.15, 0.2) is 0 Å². The molecule has 0 aliphatic heterocycles. The second-order valence-electron chi connectivity index (χ2n) is 5.77. The molecule has 0 aromatic heterocycles. The van der Waals surface area contributed by atoms with Gasteiger partial charge in [-0.3, -0.25) is 4.79 Å². The van der Waals surface area contributed by atoms with Crippen LogP contribution < -0.4 is 10.6 Å². The third-order valence-corrected chi connectivity index (χ3v) is 4.30. The number of aliphatic hydroxyl groups excluding tert-OH is 1. The topological polar surface area (TPSA) is 87.7 Å². The van der Waals surface area contributed by atoms with Gasteiger partial charge in [0, 0.05) is 32.4 Å². The number of amides is 2. The van der Waals surface area contributed by atoms with Crippen molar-refractivity contribution in [1.29, 1.82) is 0 Å². The normalized spacial score (nSPS) is 25.6. The molecule has 22 heavy (non-hydrogen) atoms. The van der Waals surface area contributed by atoms with Gasteiger partial charge in [-0.15, -0.1) is 11.8 Å². The van der Waals surface area contributed by atoms with Gasteiger partial charge < -0.3 is 20.5 Å². The first kappa shape index (κ1) is 16.6. The third-order valence-electron chi connectivity index (χ3n) is 4.30. The van der Waals surface area contributed by atoms with E-state index in [0.29, 0.717) is 37.5 Å². The monoisotopic (exact) mass is 308 g/mol. The minimum Gasteiger partial charge on any atom is -0.449 e. The summed E-state index contributed by atoms with van der Waals surface area (Å²) in [5.41, 5.74) is 0. The Labute approximate surface area is 131 Å². The number of carbonyl (C=O) groups is 2. The summed E-state index contributed by atoms with van der Waals surface area (Å²) in [7, 11) is 0. The Bertz CT molecular complexity index is 437. The van der Waals surface area contributed by atoms with Crippen LogP contribution in [0.25, 0.3) is 0 Å². The average molecular weight is 308 g/mol. The second kappa shape index (κ2) is 8.64. The molecule has 1 saturated carbocycles. The van der Waals surface area contributed by atoms with Gasteiger partial charge in [-0.25, -0.2) is 4.79 Å². The standard InChI is InChI=1S/C16H24N2O4/c19-10-7-15(20)17-8-9-18-16(21)22-11-14-12-5-3-1-2-4-6-13(12)14/h12-14,19H,3-11H2,(H,17,20)(H,18,21)/t12-,13+,14-. The van der Waals surface area contributed by atoms with Gasteiger partial charge in [0.1, 0.15) is 0 Å². The Morgan fingerprint density at radius 2 is 1.73 bits per heavy atom. The van der Waals surface area contributed by atoms with Crippen LogP contribution in [0.1, 0.15) is 32.1 Å². The van der Waals surface area contributed by atoms with Crippen LogP contribution in [-0.4, -0.2) is 43.4 Å². The van der Waals surface area contributed by atoms with Gasteiger partial charge in [0.25, 0.3) is 0 Å². The van der Waals surface area contributed by atoms with Gasteiger partial charge in [-0.05, 0) is 30.6 Å². The Balaban J connectivity index is 1.52. The average Bonchev–Trinajstić information content (AvgIpc) is 3.11. The van der Waals surface area contributed by atoms with E-state index < -0.39 is 6.09 Å². The maximum atomic E-state index is 11.6. The van der Waals surface area contributed by atoms with Gasteiger partial charge >= 0.3 is 6.09 Å². The lowest BCUT2D eigenvalue weighted by molar-refractivity contribution is -0.121. The molecule has 0 aromatic rings. The molecule has 0 aromatic carbocycles. The summed E-state index contributed by atoms with van der Waals surface area (Å²) in [5, 5.41) is 13.8. The van der Waals surface area contributed by atoms with E-state index in [9.17, 15) is 9.59 Å². The summed E-state index contributed by atoms with van der Waals surface area (Å²) in [6.07, 6.45) is 3.79. The minimum absolute atomic E-state index is 0.0820. The van der Waals surface area contributed by atoms with Crippen LogP contribution in [0.3, 0.4) is 0 Å². The van der Waals surface area contributed by atoms with E-state index in [1.807, 2.05) is 0 Å². The van der Waals surface area contributed by atoms with Crippen molar-refractivity contribution in [1.82, 2.24) is 10.6 Å². The molecule has 2 aliphatic rings. The molecule has 2 aliphatic carbocycles. The van der Waals surface area contributed by atoms with Crippen LogP contribution in [0.5, 0.6) is 0 Å². The number of alkyl carbamates (subject to hydrolysis) is 1. The number of carbonyl (C=O) groups excluding carboxylic acids is 2. The predicted octanol–water partition coefficient (Wildman–Crippen LogP) is 0.651. The number of aliphatic hydroxyl groups is 1. The molecule has 0 bridgehead atoms.